The van der Waals surface area contributed by atoms with Gasteiger partial charge in [-0.05, 0) is 76.0 Å². The highest BCUT2D eigenvalue weighted by atomic mass is 32.1. The van der Waals surface area contributed by atoms with Gasteiger partial charge >= 0.3 is 11.9 Å². The highest BCUT2D eigenvalue weighted by molar-refractivity contribution is 7.80. The number of ether oxygens (including phenoxy) is 6. The zero-order valence-electron chi connectivity index (χ0n) is 35.4. The third-order valence-electron chi connectivity index (χ3n) is 9.26. The molecule has 4 N–H and O–H groups in total. The van der Waals surface area contributed by atoms with Gasteiger partial charge in [-0.1, -0.05) is 50.9 Å². The number of carbonyl (C=O) groups excluding carboxylic acids is 4. The summed E-state index contributed by atoms with van der Waals surface area (Å²) in [4.78, 5) is 47.0. The molecule has 2 aromatic carbocycles. The van der Waals surface area contributed by atoms with Crippen LogP contribution in [0.4, 0.5) is 0 Å². The molecule has 56 heavy (non-hydrogen) atoms. The minimum Gasteiger partial charge on any atom is -0.496 e. The van der Waals surface area contributed by atoms with Gasteiger partial charge in [0, 0.05) is 51.2 Å². The van der Waals surface area contributed by atoms with E-state index in [9.17, 15) is 19.2 Å². The van der Waals surface area contributed by atoms with Crippen molar-refractivity contribution in [2.75, 3.05) is 27.4 Å². The number of cyclic esters (lactones) is 2. The van der Waals surface area contributed by atoms with Crippen molar-refractivity contribution in [1.82, 2.24) is 0 Å². The Morgan fingerprint density at radius 1 is 0.732 bits per heavy atom. The number of benzene rings is 2. The molecule has 0 atom stereocenters. The lowest BCUT2D eigenvalue weighted by molar-refractivity contribution is -0.117. The summed E-state index contributed by atoms with van der Waals surface area (Å²) in [5, 5.41) is 0.000000000000000222. The number of esters is 2. The first-order valence-corrected chi connectivity index (χ1v) is 26.6. The second kappa shape index (κ2) is 21.3. The Morgan fingerprint density at radius 2 is 1.12 bits per heavy atom. The average Bonchev–Trinajstić information content (AvgIpc) is 3.67. The van der Waals surface area contributed by atoms with Crippen LogP contribution in [0.25, 0.3) is 0 Å². The number of allylic oxidation sites excluding steroid dienone is 2. The predicted molar refractivity (Wildman–Crippen MR) is 229 cm³/mol. The third-order valence-corrected chi connectivity index (χ3v) is 12.7. The van der Waals surface area contributed by atoms with Crippen LogP contribution in [0, 0.1) is 13.8 Å². The number of aldehydes is 1. The van der Waals surface area contributed by atoms with E-state index < -0.39 is 16.1 Å². The van der Waals surface area contributed by atoms with Crippen molar-refractivity contribution >= 4 is 57.5 Å². The standard InChI is InChI=1S/C23H34O5Si.C17H24O5Si.CH4N2S/c1-15(8-10-16(2)24)9-11-18-21(26-4)17(3)19-14-28-23(25)20(19)22(18)27-12-13-29(5,6)7;1-11-13-10-22-17(19)14(13)16(21-8-9-23(3,4)5)12(6-7-18)15(11)20-2;2-1(3)4/h9H,8,10-14H2,1-7H3;7H,6,8-10H2,1-5H3;(H4,2,3,4)/b15-9+;;. The zero-order valence-corrected chi connectivity index (χ0v) is 38.2. The topological polar surface area (TPSA) is 176 Å². The number of thiocarbonyl (C=S) groups is 1. The van der Waals surface area contributed by atoms with E-state index >= 15 is 0 Å². The maximum Gasteiger partial charge on any atom is 0.342 e. The van der Waals surface area contributed by atoms with Gasteiger partial charge in [-0.3, -0.25) is 0 Å². The molecular weight excluding hydrogens is 769 g/mol. The van der Waals surface area contributed by atoms with Crippen molar-refractivity contribution in [3.8, 4) is 23.0 Å². The number of hydrogen-bond acceptors (Lipinski definition) is 11. The fourth-order valence-electron chi connectivity index (χ4n) is 6.09. The first-order valence-electron chi connectivity index (χ1n) is 18.8. The number of ketones is 1. The van der Waals surface area contributed by atoms with Crippen LogP contribution in [-0.2, 0) is 45.1 Å². The number of fused-ring (bicyclic) bond motifs is 2. The Hall–Kier alpha value is -4.22. The van der Waals surface area contributed by atoms with Gasteiger partial charge in [0.05, 0.1) is 27.4 Å². The third kappa shape index (κ3) is 13.8. The number of methoxy groups -OCH3 is 2. The van der Waals surface area contributed by atoms with Gasteiger partial charge in [-0.15, -0.1) is 0 Å². The summed E-state index contributed by atoms with van der Waals surface area (Å²) in [5.41, 5.74) is 16.3. The van der Waals surface area contributed by atoms with Gasteiger partial charge in [0.25, 0.3) is 0 Å². The summed E-state index contributed by atoms with van der Waals surface area (Å²) < 4.78 is 33.9. The molecule has 0 aromatic heterocycles. The Bertz CT molecular complexity index is 1810. The van der Waals surface area contributed by atoms with E-state index in [4.69, 9.17) is 28.4 Å². The molecule has 310 valence electrons. The summed E-state index contributed by atoms with van der Waals surface area (Å²) in [5.74, 6) is 1.88. The van der Waals surface area contributed by atoms with E-state index in [1.807, 2.05) is 20.8 Å². The summed E-state index contributed by atoms with van der Waals surface area (Å²) in [6.07, 6.45) is 4.89. The average molecular weight is 831 g/mol. The normalized spacial score (nSPS) is 13.2. The molecule has 2 heterocycles. The van der Waals surface area contributed by atoms with Crippen LogP contribution >= 0.6 is 12.2 Å². The van der Waals surface area contributed by atoms with Crippen LogP contribution in [0.5, 0.6) is 23.0 Å². The van der Waals surface area contributed by atoms with Gasteiger partial charge < -0.3 is 49.5 Å². The zero-order chi connectivity index (χ0) is 42.5. The van der Waals surface area contributed by atoms with Gasteiger partial charge in [-0.25, -0.2) is 9.59 Å². The number of Topliss-reactive ketones (excluding diaryl/α,β-unsaturated/α-hetero) is 1. The van der Waals surface area contributed by atoms with E-state index in [0.717, 1.165) is 63.9 Å². The highest BCUT2D eigenvalue weighted by Gasteiger charge is 2.35. The Labute approximate surface area is 340 Å². The van der Waals surface area contributed by atoms with Crippen LogP contribution in [0.2, 0.25) is 51.4 Å². The minimum atomic E-state index is -1.28. The largest absolute Gasteiger partial charge is 0.496 e. The van der Waals surface area contributed by atoms with Crippen molar-refractivity contribution in [3.63, 3.8) is 0 Å². The molecule has 2 aliphatic heterocycles. The maximum atomic E-state index is 12.5. The van der Waals surface area contributed by atoms with Crippen molar-refractivity contribution in [1.29, 1.82) is 0 Å². The molecule has 0 saturated heterocycles. The number of nitrogens with two attached hydrogens (primary N) is 2. The molecule has 2 aliphatic rings. The van der Waals surface area contributed by atoms with E-state index in [0.29, 0.717) is 60.0 Å². The smallest absolute Gasteiger partial charge is 0.342 e. The minimum absolute atomic E-state index is 0.000000000000000222. The summed E-state index contributed by atoms with van der Waals surface area (Å²) >= 11 is 4.09. The lowest BCUT2D eigenvalue weighted by Crippen LogP contribution is -2.23. The van der Waals surface area contributed by atoms with Gasteiger partial charge in [0.15, 0.2) is 5.11 Å². The summed E-state index contributed by atoms with van der Waals surface area (Å²) in [7, 11) is 0.667. The molecule has 0 aliphatic carbocycles. The molecule has 12 nitrogen and oxygen atoms in total. The summed E-state index contributed by atoms with van der Waals surface area (Å²) in [6, 6.07) is 1.97. The lowest BCUT2D eigenvalue weighted by Gasteiger charge is -2.21. The fourth-order valence-corrected chi connectivity index (χ4v) is 7.52. The molecule has 2 aromatic rings. The Balaban J connectivity index is 0.000000360. The maximum absolute atomic E-state index is 12.5. The van der Waals surface area contributed by atoms with Crippen molar-refractivity contribution in [3.05, 3.63) is 56.2 Å². The molecule has 0 spiro atoms. The first-order chi connectivity index (χ1) is 26.1. The van der Waals surface area contributed by atoms with Crippen LogP contribution < -0.4 is 30.4 Å². The molecular formula is C41H62N2O10SSi2. The van der Waals surface area contributed by atoms with E-state index in [1.165, 1.54) is 0 Å². The number of rotatable bonds is 17. The van der Waals surface area contributed by atoms with Crippen molar-refractivity contribution in [2.24, 2.45) is 11.5 Å². The quantitative estimate of drug-likeness (QED) is 0.0526. The SMILES string of the molecule is COc1c(C)c2c(c(OCC[Si](C)(C)C)c1C/C=C(\C)CCC(C)=O)C(=O)OC2.COc1c(C)c2c(c(OCC[Si](C)(C)C)c1CC=O)C(=O)OC2.NC(N)=S. The monoisotopic (exact) mass is 830 g/mol. The molecule has 0 bridgehead atoms. The molecule has 0 unspecified atom stereocenters. The lowest BCUT2D eigenvalue weighted by atomic mass is 9.94. The molecule has 0 saturated carbocycles. The fraction of sp³-hybridized carbons (Fsp3) is 0.537. The molecule has 0 radical (unpaired) electrons. The van der Waals surface area contributed by atoms with Crippen molar-refractivity contribution < 1.29 is 47.6 Å². The molecule has 4 rings (SSSR count). The first kappa shape index (κ1) is 47.9. The van der Waals surface area contributed by atoms with E-state index in [2.05, 4.69) is 69.0 Å². The Kier molecular flexibility index (Phi) is 18.3. The van der Waals surface area contributed by atoms with E-state index in [-0.39, 0.29) is 42.5 Å². The number of carbonyl (C=O) groups is 4. The van der Waals surface area contributed by atoms with Crippen LogP contribution in [0.15, 0.2) is 11.6 Å². The van der Waals surface area contributed by atoms with Gasteiger partial charge in [-0.2, -0.15) is 0 Å². The molecule has 0 fully saturated rings. The molecule has 0 amide bonds. The second-order valence-electron chi connectivity index (χ2n) is 16.3. The van der Waals surface area contributed by atoms with Gasteiger partial charge in [0.2, 0.25) is 0 Å². The van der Waals surface area contributed by atoms with Gasteiger partial charge in [0.1, 0.15) is 59.4 Å². The number of hydrogen-bond donors (Lipinski definition) is 2. The predicted octanol–water partition coefficient (Wildman–Crippen LogP) is 7.57. The summed E-state index contributed by atoms with van der Waals surface area (Å²) in [6.45, 7) is 22.7. The van der Waals surface area contributed by atoms with Crippen LogP contribution in [0.3, 0.4) is 0 Å². The highest BCUT2D eigenvalue weighted by Crippen LogP contribution is 2.44. The molecule has 15 heteroatoms. The van der Waals surface area contributed by atoms with Crippen LogP contribution in [0.1, 0.15) is 80.8 Å². The van der Waals surface area contributed by atoms with E-state index in [1.54, 1.807) is 21.1 Å². The van der Waals surface area contributed by atoms with Crippen LogP contribution in [-0.4, -0.2) is 72.7 Å². The second-order valence-corrected chi connectivity index (χ2v) is 28.1. The van der Waals surface area contributed by atoms with Crippen molar-refractivity contribution in [2.45, 2.75) is 118 Å². The Morgan fingerprint density at radius 3 is 1.46 bits per heavy atom.